The highest BCUT2D eigenvalue weighted by molar-refractivity contribution is 7.93. The number of benzene rings is 2. The van der Waals surface area contributed by atoms with Gasteiger partial charge < -0.3 is 19.9 Å². The Morgan fingerprint density at radius 2 is 1.72 bits per heavy atom. The van der Waals surface area contributed by atoms with E-state index < -0.39 is 21.5 Å². The third kappa shape index (κ3) is 6.59. The minimum atomic E-state index is -3.50. The number of anilines is 1. The minimum Gasteiger partial charge on any atom is -0.382 e. The van der Waals surface area contributed by atoms with Crippen LogP contribution in [-0.4, -0.2) is 35.2 Å². The zero-order valence-corrected chi connectivity index (χ0v) is 23.7. The van der Waals surface area contributed by atoms with E-state index >= 15 is 0 Å². The van der Waals surface area contributed by atoms with Crippen LogP contribution < -0.4 is 10.5 Å². The van der Waals surface area contributed by atoms with Gasteiger partial charge in [0.1, 0.15) is 9.81 Å². The van der Waals surface area contributed by atoms with Crippen LogP contribution in [0.1, 0.15) is 52.5 Å². The summed E-state index contributed by atoms with van der Waals surface area (Å²) in [6, 6.07) is 14.6. The van der Waals surface area contributed by atoms with Crippen molar-refractivity contribution in [3.8, 4) is 0 Å². The molecule has 0 radical (unpaired) electrons. The molecular formula is C29H35N3O5S2. The largest absolute Gasteiger partial charge is 0.382 e. The third-order valence-corrected chi connectivity index (χ3v) is 10.4. The Morgan fingerprint density at radius 3 is 2.41 bits per heavy atom. The molecule has 1 heterocycles. The third-order valence-electron chi connectivity index (χ3n) is 7.19. The highest BCUT2D eigenvalue weighted by Crippen LogP contribution is 2.39. The summed E-state index contributed by atoms with van der Waals surface area (Å²) in [6.45, 7) is 2.84. The number of ether oxygens (including phenoxy) is 2. The number of carbonyl (C=O) groups excluding carboxylic acids is 1. The number of fused-ring (bicyclic) bond motifs is 2. The minimum absolute atomic E-state index is 0.0231. The summed E-state index contributed by atoms with van der Waals surface area (Å²) in [5.74, 6) is 0. The van der Waals surface area contributed by atoms with Crippen LogP contribution in [0.4, 0.5) is 10.5 Å². The first-order valence-corrected chi connectivity index (χ1v) is 15.7. The van der Waals surface area contributed by atoms with Crippen molar-refractivity contribution in [1.82, 2.24) is 0 Å². The number of aryl methyl sites for hydroxylation is 2. The second kappa shape index (κ2) is 11.9. The van der Waals surface area contributed by atoms with Gasteiger partial charge in [0.25, 0.3) is 0 Å². The van der Waals surface area contributed by atoms with Crippen molar-refractivity contribution in [3.05, 3.63) is 81.2 Å². The molecular weight excluding hydrogens is 534 g/mol. The number of rotatable bonds is 10. The number of nitrogens with two attached hydrogens (primary N) is 1. The summed E-state index contributed by atoms with van der Waals surface area (Å²) < 4.78 is 28.6. The Kier molecular flexibility index (Phi) is 8.51. The zero-order chi connectivity index (χ0) is 27.5. The van der Waals surface area contributed by atoms with E-state index in [1.165, 1.54) is 22.3 Å². The van der Waals surface area contributed by atoms with E-state index in [2.05, 4.69) is 15.7 Å². The molecule has 5 rings (SSSR count). The molecule has 2 amide bonds. The molecule has 2 aliphatic rings. The number of thiophene rings is 1. The fourth-order valence-electron chi connectivity index (χ4n) is 5.26. The average molecular weight is 570 g/mol. The van der Waals surface area contributed by atoms with Gasteiger partial charge in [-0.25, -0.2) is 14.1 Å². The van der Waals surface area contributed by atoms with Crippen molar-refractivity contribution in [1.29, 1.82) is 0 Å². The summed E-state index contributed by atoms with van der Waals surface area (Å²) in [4.78, 5) is 13.4. The van der Waals surface area contributed by atoms with E-state index in [1.54, 1.807) is 19.1 Å². The van der Waals surface area contributed by atoms with Crippen molar-refractivity contribution in [3.63, 3.8) is 0 Å². The molecule has 0 bridgehead atoms. The first-order valence-electron chi connectivity index (χ1n) is 13.3. The zero-order valence-electron chi connectivity index (χ0n) is 22.1. The lowest BCUT2D eigenvalue weighted by atomic mass is 9.99. The maximum Gasteiger partial charge on any atom is 0.354 e. The molecule has 8 nitrogen and oxygen atoms in total. The molecule has 0 saturated carbocycles. The number of urea groups is 1. The van der Waals surface area contributed by atoms with Crippen molar-refractivity contribution in [2.24, 2.45) is 9.50 Å². The number of nitrogens with zero attached hydrogens (tertiary/aromatic N) is 1. The Balaban J connectivity index is 1.19. The van der Waals surface area contributed by atoms with Gasteiger partial charge in [-0.05, 0) is 85.4 Å². The molecule has 2 unspecified atom stereocenters. The molecule has 2 aliphatic carbocycles. The standard InChI is InChI=1S/C29H35N3O5S2/c1-29(34,19-37-16-15-36-18-20-7-3-2-4-8-20)25-13-14-26(38-25)39(30,35)32-28(33)31-27-23-11-5-9-21(23)17-22-10-6-12-24(22)27/h2-4,7-8,13-14,17,34H,5-6,9-12,15-16,18-19H2,1H3,(H3,30,31,32,33,35). The Bertz CT molecular complexity index is 1430. The molecule has 2 aromatic carbocycles. The quantitative estimate of drug-likeness (QED) is 0.293. The lowest BCUT2D eigenvalue weighted by Gasteiger charge is -2.21. The summed E-state index contributed by atoms with van der Waals surface area (Å²) in [6.07, 6.45) is 5.99. The van der Waals surface area contributed by atoms with E-state index in [-0.39, 0.29) is 10.8 Å². The Hall–Kier alpha value is -2.60. The number of hydrogen-bond acceptors (Lipinski definition) is 6. The average Bonchev–Trinajstić information content (AvgIpc) is 3.67. The predicted molar refractivity (Wildman–Crippen MR) is 153 cm³/mol. The van der Waals surface area contributed by atoms with Gasteiger partial charge in [0.05, 0.1) is 26.4 Å². The van der Waals surface area contributed by atoms with Gasteiger partial charge in [-0.2, -0.15) is 0 Å². The molecule has 3 aromatic rings. The monoisotopic (exact) mass is 569 g/mol. The van der Waals surface area contributed by atoms with Crippen LogP contribution in [0.5, 0.6) is 0 Å². The lowest BCUT2D eigenvalue weighted by Crippen LogP contribution is -2.27. The molecule has 0 aliphatic heterocycles. The molecule has 4 N–H and O–H groups in total. The highest BCUT2D eigenvalue weighted by atomic mass is 32.2. The smallest absolute Gasteiger partial charge is 0.354 e. The van der Waals surface area contributed by atoms with Crippen LogP contribution in [0.25, 0.3) is 0 Å². The number of nitrogens with one attached hydrogen (secondary N) is 1. The summed E-state index contributed by atoms with van der Waals surface area (Å²) in [5, 5.41) is 19.9. The van der Waals surface area contributed by atoms with Crippen LogP contribution >= 0.6 is 11.3 Å². The molecule has 1 aromatic heterocycles. The SMILES string of the molecule is CC(O)(COCCOCc1ccccc1)c1ccc(S(N)(=O)=NC(=O)Nc2c3c(cc4c2CCC4)CCC3)s1. The van der Waals surface area contributed by atoms with E-state index in [4.69, 9.17) is 14.6 Å². The normalized spacial score (nSPS) is 17.2. The van der Waals surface area contributed by atoms with Gasteiger partial charge in [-0.3, -0.25) is 0 Å². The second-order valence-corrected chi connectivity index (χ2v) is 13.4. The number of aliphatic hydroxyl groups is 1. The van der Waals surface area contributed by atoms with Crippen molar-refractivity contribution in [2.75, 3.05) is 25.1 Å². The maximum absolute atomic E-state index is 13.3. The fourth-order valence-corrected chi connectivity index (χ4v) is 7.53. The van der Waals surface area contributed by atoms with Gasteiger partial charge in [-0.15, -0.1) is 15.7 Å². The summed E-state index contributed by atoms with van der Waals surface area (Å²) >= 11 is 1.07. The van der Waals surface area contributed by atoms with Crippen molar-refractivity contribution in [2.45, 2.75) is 61.9 Å². The van der Waals surface area contributed by atoms with Gasteiger partial charge in [-0.1, -0.05) is 36.4 Å². The van der Waals surface area contributed by atoms with Crippen molar-refractivity contribution < 1.29 is 23.6 Å². The van der Waals surface area contributed by atoms with E-state index in [9.17, 15) is 14.1 Å². The Morgan fingerprint density at radius 1 is 1.05 bits per heavy atom. The molecule has 0 fully saturated rings. The second-order valence-electron chi connectivity index (χ2n) is 10.3. The van der Waals surface area contributed by atoms with E-state index in [1.807, 2.05) is 30.3 Å². The lowest BCUT2D eigenvalue weighted by molar-refractivity contribution is -0.0508. The topological polar surface area (TPSA) is 123 Å². The van der Waals surface area contributed by atoms with Gasteiger partial charge >= 0.3 is 6.03 Å². The first kappa shape index (κ1) is 27.9. The molecule has 10 heteroatoms. The van der Waals surface area contributed by atoms with Gasteiger partial charge in [0.2, 0.25) is 0 Å². The summed E-state index contributed by atoms with van der Waals surface area (Å²) in [7, 11) is -3.50. The molecule has 39 heavy (non-hydrogen) atoms. The maximum atomic E-state index is 13.3. The molecule has 0 saturated heterocycles. The molecule has 208 valence electrons. The van der Waals surface area contributed by atoms with Crippen LogP contribution in [-0.2, 0) is 57.3 Å². The van der Waals surface area contributed by atoms with Gasteiger partial charge in [0.15, 0.2) is 9.92 Å². The van der Waals surface area contributed by atoms with Crippen LogP contribution in [0, 0.1) is 0 Å². The summed E-state index contributed by atoms with van der Waals surface area (Å²) in [5.41, 5.74) is 5.50. The Labute approximate surface area is 233 Å². The number of carbonyl (C=O) groups is 1. The molecule has 0 spiro atoms. The van der Waals surface area contributed by atoms with Crippen molar-refractivity contribution >= 4 is 33.0 Å². The van der Waals surface area contributed by atoms with Crippen LogP contribution in [0.15, 0.2) is 57.1 Å². The van der Waals surface area contributed by atoms with Crippen LogP contribution in [0.2, 0.25) is 0 Å². The van der Waals surface area contributed by atoms with E-state index in [0.717, 1.165) is 61.1 Å². The van der Waals surface area contributed by atoms with Gasteiger partial charge in [0, 0.05) is 10.6 Å². The predicted octanol–water partition coefficient (Wildman–Crippen LogP) is 5.10. The first-order chi connectivity index (χ1) is 18.7. The highest BCUT2D eigenvalue weighted by Gasteiger charge is 2.28. The number of amides is 2. The van der Waals surface area contributed by atoms with Crippen LogP contribution in [0.3, 0.4) is 0 Å². The molecule has 2 atom stereocenters. The van der Waals surface area contributed by atoms with E-state index in [0.29, 0.717) is 24.7 Å². The fraction of sp³-hybridized carbons (Fsp3) is 0.414. The number of hydrogen-bond donors (Lipinski definition) is 3.